The Bertz CT molecular complexity index is 745. The van der Waals surface area contributed by atoms with E-state index in [0.29, 0.717) is 17.3 Å². The van der Waals surface area contributed by atoms with E-state index in [9.17, 15) is 4.39 Å². The molecular formula is C20H23ClFN3S. The highest BCUT2D eigenvalue weighted by molar-refractivity contribution is 7.80. The van der Waals surface area contributed by atoms with Gasteiger partial charge in [-0.05, 0) is 67.5 Å². The van der Waals surface area contributed by atoms with Gasteiger partial charge in [-0.3, -0.25) is 4.90 Å². The van der Waals surface area contributed by atoms with Gasteiger partial charge in [-0.15, -0.1) is 0 Å². The zero-order chi connectivity index (χ0) is 18.4. The summed E-state index contributed by atoms with van der Waals surface area (Å²) in [5, 5.41) is 6.71. The molecule has 2 N–H and O–H groups in total. The van der Waals surface area contributed by atoms with E-state index in [0.717, 1.165) is 12.1 Å². The van der Waals surface area contributed by atoms with Crippen molar-refractivity contribution in [1.82, 2.24) is 10.2 Å². The van der Waals surface area contributed by atoms with Crippen LogP contribution in [-0.4, -0.2) is 23.1 Å². The predicted octanol–water partition coefficient (Wildman–Crippen LogP) is 4.95. The van der Waals surface area contributed by atoms with Crippen molar-refractivity contribution in [1.29, 1.82) is 0 Å². The van der Waals surface area contributed by atoms with Crippen LogP contribution in [0.5, 0.6) is 0 Å². The molecule has 138 valence electrons. The van der Waals surface area contributed by atoms with Crippen molar-refractivity contribution in [2.75, 3.05) is 18.4 Å². The molecule has 0 aliphatic carbocycles. The smallest absolute Gasteiger partial charge is 0.171 e. The third kappa shape index (κ3) is 5.66. The Morgan fingerprint density at radius 1 is 1.04 bits per heavy atom. The molecule has 6 heteroatoms. The second-order valence-electron chi connectivity index (χ2n) is 6.59. The van der Waals surface area contributed by atoms with Gasteiger partial charge in [0.1, 0.15) is 5.82 Å². The number of thiocarbonyl (C=S) groups is 1. The number of anilines is 1. The lowest BCUT2D eigenvalue weighted by atomic mass is 10.1. The first-order valence-electron chi connectivity index (χ1n) is 8.90. The summed E-state index contributed by atoms with van der Waals surface area (Å²) in [5.41, 5.74) is 3.16. The maximum atomic E-state index is 13.2. The maximum absolute atomic E-state index is 13.2. The summed E-state index contributed by atoms with van der Waals surface area (Å²) in [6.45, 7) is 4.07. The van der Waals surface area contributed by atoms with Gasteiger partial charge in [0.25, 0.3) is 0 Å². The number of nitrogens with zero attached hydrogens (tertiary/aromatic N) is 1. The molecule has 0 aromatic heterocycles. The quantitative estimate of drug-likeness (QED) is 0.705. The molecule has 2 aromatic carbocycles. The van der Waals surface area contributed by atoms with Crippen LogP contribution in [0, 0.1) is 5.82 Å². The van der Waals surface area contributed by atoms with Gasteiger partial charge in [-0.25, -0.2) is 4.39 Å². The zero-order valence-electron chi connectivity index (χ0n) is 14.6. The van der Waals surface area contributed by atoms with Crippen LogP contribution in [0.4, 0.5) is 10.1 Å². The first-order chi connectivity index (χ1) is 12.6. The minimum atomic E-state index is -0.444. The van der Waals surface area contributed by atoms with Crippen LogP contribution in [-0.2, 0) is 13.1 Å². The van der Waals surface area contributed by atoms with E-state index in [2.05, 4.69) is 39.8 Å². The highest BCUT2D eigenvalue weighted by Gasteiger charge is 2.10. The average Bonchev–Trinajstić information content (AvgIpc) is 2.65. The summed E-state index contributed by atoms with van der Waals surface area (Å²) in [7, 11) is 0. The highest BCUT2D eigenvalue weighted by atomic mass is 35.5. The topological polar surface area (TPSA) is 27.3 Å². The van der Waals surface area contributed by atoms with Crippen LogP contribution >= 0.6 is 23.8 Å². The SMILES string of the molecule is Fc1ccc(NC(=S)NCc2ccc(CN3CCCCC3)cc2)cc1Cl. The lowest BCUT2D eigenvalue weighted by molar-refractivity contribution is 0.221. The zero-order valence-corrected chi connectivity index (χ0v) is 16.2. The number of likely N-dealkylation sites (tertiary alicyclic amines) is 1. The average molecular weight is 392 g/mol. The van der Waals surface area contributed by atoms with Crippen LogP contribution in [0.25, 0.3) is 0 Å². The van der Waals surface area contributed by atoms with Crippen molar-refractivity contribution >= 4 is 34.6 Å². The number of rotatable bonds is 5. The lowest BCUT2D eigenvalue weighted by Crippen LogP contribution is -2.29. The molecule has 2 aromatic rings. The van der Waals surface area contributed by atoms with Crippen LogP contribution in [0.2, 0.25) is 5.02 Å². The summed E-state index contributed by atoms with van der Waals surface area (Å²) in [6.07, 6.45) is 3.98. The Balaban J connectivity index is 1.46. The number of nitrogens with one attached hydrogen (secondary N) is 2. The largest absolute Gasteiger partial charge is 0.358 e. The molecule has 0 unspecified atom stereocenters. The minimum Gasteiger partial charge on any atom is -0.358 e. The number of hydrogen-bond donors (Lipinski definition) is 2. The normalized spacial score (nSPS) is 14.8. The first-order valence-corrected chi connectivity index (χ1v) is 9.69. The van der Waals surface area contributed by atoms with Crippen molar-refractivity contribution in [3.8, 4) is 0 Å². The van der Waals surface area contributed by atoms with Gasteiger partial charge in [-0.1, -0.05) is 42.3 Å². The molecule has 0 spiro atoms. The molecule has 0 atom stereocenters. The molecule has 1 heterocycles. The molecule has 0 saturated carbocycles. The van der Waals surface area contributed by atoms with Crippen molar-refractivity contribution in [3.05, 3.63) is 64.4 Å². The Kier molecular flexibility index (Phi) is 6.83. The van der Waals surface area contributed by atoms with E-state index in [1.807, 2.05) is 0 Å². The van der Waals surface area contributed by atoms with E-state index < -0.39 is 5.82 Å². The van der Waals surface area contributed by atoms with Crippen molar-refractivity contribution in [2.45, 2.75) is 32.4 Å². The Morgan fingerprint density at radius 3 is 2.42 bits per heavy atom. The van der Waals surface area contributed by atoms with Crippen LogP contribution < -0.4 is 10.6 Å². The first kappa shape index (κ1) is 19.1. The third-order valence-corrected chi connectivity index (χ3v) is 5.04. The van der Waals surface area contributed by atoms with Gasteiger partial charge in [0.2, 0.25) is 0 Å². The van der Waals surface area contributed by atoms with Gasteiger partial charge in [-0.2, -0.15) is 0 Å². The Labute approximate surface area is 164 Å². The number of benzene rings is 2. The molecular weight excluding hydrogens is 369 g/mol. The van der Waals surface area contributed by atoms with Crippen LogP contribution in [0.3, 0.4) is 0 Å². The predicted molar refractivity (Wildman–Crippen MR) is 110 cm³/mol. The van der Waals surface area contributed by atoms with Crippen molar-refractivity contribution in [3.63, 3.8) is 0 Å². The third-order valence-electron chi connectivity index (χ3n) is 4.51. The summed E-state index contributed by atoms with van der Waals surface area (Å²) in [5.74, 6) is -0.444. The molecule has 26 heavy (non-hydrogen) atoms. The van der Waals surface area contributed by atoms with Crippen LogP contribution in [0.1, 0.15) is 30.4 Å². The molecule has 0 radical (unpaired) electrons. The van der Waals surface area contributed by atoms with Gasteiger partial charge in [0.05, 0.1) is 5.02 Å². The fraction of sp³-hybridized carbons (Fsp3) is 0.350. The van der Waals surface area contributed by atoms with E-state index in [4.69, 9.17) is 23.8 Å². The second-order valence-corrected chi connectivity index (χ2v) is 7.41. The molecule has 1 fully saturated rings. The fourth-order valence-electron chi connectivity index (χ4n) is 3.07. The number of hydrogen-bond acceptors (Lipinski definition) is 2. The van der Waals surface area contributed by atoms with Gasteiger partial charge in [0.15, 0.2) is 5.11 Å². The second kappa shape index (κ2) is 9.31. The molecule has 1 aliphatic heterocycles. The van der Waals surface area contributed by atoms with Gasteiger partial charge in [0, 0.05) is 18.8 Å². The Hall–Kier alpha value is -1.69. The molecule has 0 bridgehead atoms. The standard InChI is InChI=1S/C20H23ClFN3S/c21-18-12-17(8-9-19(18)22)24-20(26)23-13-15-4-6-16(7-5-15)14-25-10-2-1-3-11-25/h4-9,12H,1-3,10-11,13-14H2,(H2,23,24,26). The monoisotopic (exact) mass is 391 g/mol. The summed E-state index contributed by atoms with van der Waals surface area (Å²) < 4.78 is 13.2. The van der Waals surface area contributed by atoms with E-state index in [1.54, 1.807) is 6.07 Å². The summed E-state index contributed by atoms with van der Waals surface area (Å²) in [6, 6.07) is 13.1. The molecule has 3 nitrogen and oxygen atoms in total. The number of piperidine rings is 1. The molecule has 0 amide bonds. The Morgan fingerprint density at radius 2 is 1.73 bits per heavy atom. The highest BCUT2D eigenvalue weighted by Crippen LogP contribution is 2.19. The van der Waals surface area contributed by atoms with Crippen molar-refractivity contribution < 1.29 is 4.39 Å². The molecule has 1 saturated heterocycles. The number of halogens is 2. The van der Waals surface area contributed by atoms with E-state index in [-0.39, 0.29) is 5.02 Å². The minimum absolute atomic E-state index is 0.0714. The maximum Gasteiger partial charge on any atom is 0.171 e. The van der Waals surface area contributed by atoms with E-state index in [1.165, 1.54) is 50.0 Å². The van der Waals surface area contributed by atoms with Crippen LogP contribution in [0.15, 0.2) is 42.5 Å². The summed E-state index contributed by atoms with van der Waals surface area (Å²) in [4.78, 5) is 2.52. The lowest BCUT2D eigenvalue weighted by Gasteiger charge is -2.26. The van der Waals surface area contributed by atoms with E-state index >= 15 is 0 Å². The van der Waals surface area contributed by atoms with Gasteiger partial charge < -0.3 is 10.6 Å². The van der Waals surface area contributed by atoms with Gasteiger partial charge >= 0.3 is 0 Å². The van der Waals surface area contributed by atoms with Crippen molar-refractivity contribution in [2.24, 2.45) is 0 Å². The molecule has 1 aliphatic rings. The molecule has 3 rings (SSSR count). The fourth-order valence-corrected chi connectivity index (χ4v) is 3.44. The summed E-state index contributed by atoms with van der Waals surface area (Å²) >= 11 is 11.1.